The molecule has 104 valence electrons. The number of nitrogens with zero attached hydrogens (tertiary/aromatic N) is 1. The topological polar surface area (TPSA) is 63.4 Å². The van der Waals surface area contributed by atoms with Crippen molar-refractivity contribution in [2.24, 2.45) is 5.73 Å². The molecular formula is C12H16N2O2S3. The van der Waals surface area contributed by atoms with E-state index in [1.165, 1.54) is 15.6 Å². The molecule has 0 saturated carbocycles. The minimum absolute atomic E-state index is 0.185. The molecule has 2 rings (SSSR count). The third-order valence-electron chi connectivity index (χ3n) is 3.05. The molecule has 0 saturated heterocycles. The van der Waals surface area contributed by atoms with E-state index in [2.05, 4.69) is 0 Å². The van der Waals surface area contributed by atoms with Crippen molar-refractivity contribution < 1.29 is 8.42 Å². The summed E-state index contributed by atoms with van der Waals surface area (Å²) in [6.45, 7) is 2.13. The Labute approximate surface area is 121 Å². The second-order valence-electron chi connectivity index (χ2n) is 4.12. The number of rotatable bonds is 5. The normalized spacial score (nSPS) is 13.9. The second-order valence-corrected chi connectivity index (χ2v) is 8.07. The molecule has 2 aromatic heterocycles. The highest BCUT2D eigenvalue weighted by atomic mass is 32.2. The molecule has 0 amide bonds. The van der Waals surface area contributed by atoms with Gasteiger partial charge in [-0.1, -0.05) is 6.07 Å². The van der Waals surface area contributed by atoms with Crippen LogP contribution in [0.4, 0.5) is 0 Å². The van der Waals surface area contributed by atoms with Crippen LogP contribution in [0.5, 0.6) is 0 Å². The predicted molar refractivity (Wildman–Crippen MR) is 79.9 cm³/mol. The van der Waals surface area contributed by atoms with Crippen molar-refractivity contribution in [2.75, 3.05) is 7.05 Å². The summed E-state index contributed by atoms with van der Waals surface area (Å²) in [6.07, 6.45) is 0. The molecule has 2 N–H and O–H groups in total. The van der Waals surface area contributed by atoms with Gasteiger partial charge in [0.25, 0.3) is 0 Å². The highest BCUT2D eigenvalue weighted by Gasteiger charge is 2.29. The van der Waals surface area contributed by atoms with Crippen LogP contribution in [0.15, 0.2) is 33.9 Å². The Morgan fingerprint density at radius 3 is 2.63 bits per heavy atom. The van der Waals surface area contributed by atoms with Gasteiger partial charge in [-0.3, -0.25) is 0 Å². The maximum Gasteiger partial charge on any atom is 0.244 e. The molecule has 0 aromatic carbocycles. The lowest BCUT2D eigenvalue weighted by molar-refractivity contribution is 0.402. The molecule has 19 heavy (non-hydrogen) atoms. The highest BCUT2D eigenvalue weighted by Crippen LogP contribution is 2.31. The zero-order valence-corrected chi connectivity index (χ0v) is 13.2. The summed E-state index contributed by atoms with van der Waals surface area (Å²) in [5.74, 6) is 0. The van der Waals surface area contributed by atoms with Crippen LogP contribution in [0.1, 0.15) is 22.7 Å². The zero-order chi connectivity index (χ0) is 14.0. The summed E-state index contributed by atoms with van der Waals surface area (Å²) in [4.78, 5) is 2.05. The standard InChI is InChI=1S/C12H16N2O2S3/c1-9(10-4-3-6-17-10)14(2)19(15,16)12-5-7-18-11(12)8-13/h3-7,9H,8,13H2,1-2H3. The molecule has 0 aliphatic heterocycles. The van der Waals surface area contributed by atoms with Crippen LogP contribution in [0.2, 0.25) is 0 Å². The van der Waals surface area contributed by atoms with E-state index in [0.717, 1.165) is 4.88 Å². The Balaban J connectivity index is 2.35. The second kappa shape index (κ2) is 5.72. The van der Waals surface area contributed by atoms with Gasteiger partial charge in [-0.2, -0.15) is 4.31 Å². The fraction of sp³-hybridized carbons (Fsp3) is 0.333. The number of nitrogens with two attached hydrogens (primary N) is 1. The molecule has 0 radical (unpaired) electrons. The van der Waals surface area contributed by atoms with Gasteiger partial charge < -0.3 is 5.73 Å². The van der Waals surface area contributed by atoms with Crippen molar-refractivity contribution in [3.8, 4) is 0 Å². The fourth-order valence-electron chi connectivity index (χ4n) is 1.78. The van der Waals surface area contributed by atoms with E-state index in [0.29, 0.717) is 9.77 Å². The molecule has 2 heterocycles. The quantitative estimate of drug-likeness (QED) is 0.922. The van der Waals surface area contributed by atoms with Crippen LogP contribution in [0.3, 0.4) is 0 Å². The lowest BCUT2D eigenvalue weighted by Crippen LogP contribution is -2.29. The monoisotopic (exact) mass is 316 g/mol. The average Bonchev–Trinajstić information content (AvgIpc) is 3.06. The van der Waals surface area contributed by atoms with Gasteiger partial charge >= 0.3 is 0 Å². The Morgan fingerprint density at radius 2 is 2.05 bits per heavy atom. The summed E-state index contributed by atoms with van der Waals surface area (Å²) in [5.41, 5.74) is 5.59. The summed E-state index contributed by atoms with van der Waals surface area (Å²) in [5, 5.41) is 3.71. The van der Waals surface area contributed by atoms with E-state index >= 15 is 0 Å². The third-order valence-corrected chi connectivity index (χ3v) is 7.18. The van der Waals surface area contributed by atoms with Crippen molar-refractivity contribution in [3.63, 3.8) is 0 Å². The van der Waals surface area contributed by atoms with Crippen molar-refractivity contribution >= 4 is 32.7 Å². The van der Waals surface area contributed by atoms with Crippen molar-refractivity contribution in [1.82, 2.24) is 4.31 Å². The first kappa shape index (κ1) is 14.7. The molecular weight excluding hydrogens is 300 g/mol. The van der Waals surface area contributed by atoms with Gasteiger partial charge in [0, 0.05) is 23.3 Å². The third kappa shape index (κ3) is 2.75. The molecule has 1 atom stereocenters. The lowest BCUT2D eigenvalue weighted by Gasteiger charge is -2.23. The van der Waals surface area contributed by atoms with Crippen LogP contribution in [-0.4, -0.2) is 19.8 Å². The van der Waals surface area contributed by atoms with E-state index in [4.69, 9.17) is 5.73 Å². The van der Waals surface area contributed by atoms with Gasteiger partial charge in [-0.15, -0.1) is 22.7 Å². The van der Waals surface area contributed by atoms with Gasteiger partial charge in [-0.05, 0) is 29.8 Å². The lowest BCUT2D eigenvalue weighted by atomic mass is 10.3. The van der Waals surface area contributed by atoms with Crippen LogP contribution in [0.25, 0.3) is 0 Å². The fourth-order valence-corrected chi connectivity index (χ4v) is 5.32. The Morgan fingerprint density at radius 1 is 1.32 bits per heavy atom. The minimum atomic E-state index is -3.49. The van der Waals surface area contributed by atoms with Crippen LogP contribution < -0.4 is 5.73 Å². The van der Waals surface area contributed by atoms with Crippen molar-refractivity contribution in [3.05, 3.63) is 38.7 Å². The van der Waals surface area contributed by atoms with Crippen molar-refractivity contribution in [1.29, 1.82) is 0 Å². The number of thiophene rings is 2. The molecule has 0 spiro atoms. The summed E-state index contributed by atoms with van der Waals surface area (Å²) >= 11 is 2.93. The number of hydrogen-bond acceptors (Lipinski definition) is 5. The Bertz CT molecular complexity index is 632. The number of hydrogen-bond donors (Lipinski definition) is 1. The van der Waals surface area contributed by atoms with Crippen LogP contribution >= 0.6 is 22.7 Å². The maximum atomic E-state index is 12.6. The smallest absolute Gasteiger partial charge is 0.244 e. The van der Waals surface area contributed by atoms with E-state index in [1.54, 1.807) is 29.8 Å². The minimum Gasteiger partial charge on any atom is -0.326 e. The summed E-state index contributed by atoms with van der Waals surface area (Å²) < 4.78 is 26.6. The maximum absolute atomic E-state index is 12.6. The SMILES string of the molecule is CC(c1cccs1)N(C)S(=O)(=O)c1ccsc1CN. The molecule has 0 fully saturated rings. The Kier molecular flexibility index (Phi) is 4.42. The number of sulfonamides is 1. The zero-order valence-electron chi connectivity index (χ0n) is 10.7. The predicted octanol–water partition coefficient (Wildman–Crippen LogP) is 2.65. The molecule has 7 heteroatoms. The molecule has 2 aromatic rings. The highest BCUT2D eigenvalue weighted by molar-refractivity contribution is 7.89. The average molecular weight is 316 g/mol. The van der Waals surface area contributed by atoms with Crippen LogP contribution in [0, 0.1) is 0 Å². The molecule has 4 nitrogen and oxygen atoms in total. The summed E-state index contributed by atoms with van der Waals surface area (Å²) in [6, 6.07) is 5.31. The van der Waals surface area contributed by atoms with Crippen molar-refractivity contribution in [2.45, 2.75) is 24.4 Å². The first-order valence-corrected chi connectivity index (χ1v) is 8.96. The van der Waals surface area contributed by atoms with Gasteiger partial charge in [-0.25, -0.2) is 8.42 Å². The van der Waals surface area contributed by atoms with Crippen LogP contribution in [-0.2, 0) is 16.6 Å². The first-order valence-electron chi connectivity index (χ1n) is 5.76. The van der Waals surface area contributed by atoms with Gasteiger partial charge in [0.1, 0.15) is 0 Å². The molecule has 0 bridgehead atoms. The largest absolute Gasteiger partial charge is 0.326 e. The van der Waals surface area contributed by atoms with E-state index in [-0.39, 0.29) is 12.6 Å². The first-order chi connectivity index (χ1) is 8.98. The molecule has 0 aliphatic rings. The van der Waals surface area contributed by atoms with E-state index in [1.807, 2.05) is 24.4 Å². The molecule has 0 aliphatic carbocycles. The van der Waals surface area contributed by atoms with E-state index in [9.17, 15) is 8.42 Å². The van der Waals surface area contributed by atoms with Gasteiger partial charge in [0.2, 0.25) is 10.0 Å². The van der Waals surface area contributed by atoms with E-state index < -0.39 is 10.0 Å². The van der Waals surface area contributed by atoms with Gasteiger partial charge in [0.15, 0.2) is 0 Å². The summed E-state index contributed by atoms with van der Waals surface area (Å²) in [7, 11) is -1.88. The Hall–Kier alpha value is -0.730. The van der Waals surface area contributed by atoms with Gasteiger partial charge in [0.05, 0.1) is 10.9 Å². The molecule has 1 unspecified atom stereocenters.